The maximum atomic E-state index is 11.8. The number of carbonyl (C=O) groups excluding carboxylic acids is 2. The van der Waals surface area contributed by atoms with Gasteiger partial charge in [0.15, 0.2) is 5.78 Å². The molecular weight excluding hydrogens is 264 g/mol. The van der Waals surface area contributed by atoms with Gasteiger partial charge in [0.25, 0.3) is 0 Å². The Bertz CT molecular complexity index is 504. The molecule has 0 unspecified atom stereocenters. The number of hydrogen-bond acceptors (Lipinski definition) is 6. The predicted octanol–water partition coefficient (Wildman–Crippen LogP) is 2.67. The fourth-order valence-corrected chi connectivity index (χ4v) is 3.45. The van der Waals surface area contributed by atoms with Gasteiger partial charge in [-0.25, -0.2) is 4.79 Å². The van der Waals surface area contributed by atoms with Crippen LogP contribution < -0.4 is 11.1 Å². The maximum absolute atomic E-state index is 11.8. The fraction of sp³-hybridized carbons (Fsp3) is 0.538. The summed E-state index contributed by atoms with van der Waals surface area (Å²) in [4.78, 5) is 23.8. The number of thiophene rings is 1. The zero-order chi connectivity index (χ0) is 14.0. The van der Waals surface area contributed by atoms with Gasteiger partial charge in [-0.15, -0.1) is 11.3 Å². The van der Waals surface area contributed by atoms with Crippen molar-refractivity contribution in [1.29, 1.82) is 0 Å². The van der Waals surface area contributed by atoms with Crippen molar-refractivity contribution in [2.45, 2.75) is 38.6 Å². The molecule has 0 spiro atoms. The molecule has 1 aromatic rings. The SMILES string of the molecule is COC(=O)c1c(NC2CCCC2)sc(C(C)=O)c1N. The minimum Gasteiger partial charge on any atom is -0.465 e. The van der Waals surface area contributed by atoms with Gasteiger partial charge < -0.3 is 15.8 Å². The number of nitrogens with two attached hydrogens (primary N) is 1. The monoisotopic (exact) mass is 282 g/mol. The molecule has 1 saturated carbocycles. The first kappa shape index (κ1) is 13.9. The second-order valence-electron chi connectivity index (χ2n) is 4.72. The zero-order valence-electron chi connectivity index (χ0n) is 11.1. The smallest absolute Gasteiger partial charge is 0.343 e. The predicted molar refractivity (Wildman–Crippen MR) is 76.0 cm³/mol. The molecule has 2 rings (SSSR count). The third-order valence-corrected chi connectivity index (χ3v) is 4.58. The molecule has 6 heteroatoms. The topological polar surface area (TPSA) is 81.4 Å². The molecular formula is C13H18N2O3S. The Kier molecular flexibility index (Phi) is 4.09. The van der Waals surface area contributed by atoms with Gasteiger partial charge in [-0.05, 0) is 12.8 Å². The maximum Gasteiger partial charge on any atom is 0.343 e. The Balaban J connectivity index is 2.36. The molecule has 0 bridgehead atoms. The molecule has 1 aromatic heterocycles. The zero-order valence-corrected chi connectivity index (χ0v) is 11.9. The Morgan fingerprint density at radius 3 is 2.53 bits per heavy atom. The molecule has 0 aliphatic heterocycles. The van der Waals surface area contributed by atoms with E-state index < -0.39 is 5.97 Å². The summed E-state index contributed by atoms with van der Waals surface area (Å²) in [5.74, 6) is -0.631. The number of nitrogen functional groups attached to an aromatic ring is 1. The van der Waals surface area contributed by atoms with Crippen LogP contribution in [0.15, 0.2) is 0 Å². The van der Waals surface area contributed by atoms with E-state index in [1.165, 1.54) is 38.2 Å². The quantitative estimate of drug-likeness (QED) is 0.655. The van der Waals surface area contributed by atoms with Crippen LogP contribution in [0.3, 0.4) is 0 Å². The van der Waals surface area contributed by atoms with E-state index in [0.717, 1.165) is 12.8 Å². The lowest BCUT2D eigenvalue weighted by molar-refractivity contribution is 0.0603. The molecule has 1 heterocycles. The van der Waals surface area contributed by atoms with Crippen molar-refractivity contribution in [2.75, 3.05) is 18.2 Å². The van der Waals surface area contributed by atoms with E-state index in [4.69, 9.17) is 10.5 Å². The average Bonchev–Trinajstić information content (AvgIpc) is 2.97. The minimum atomic E-state index is -0.498. The van der Waals surface area contributed by atoms with E-state index >= 15 is 0 Å². The number of nitrogens with one attached hydrogen (secondary N) is 1. The highest BCUT2D eigenvalue weighted by Gasteiger charge is 2.26. The first-order chi connectivity index (χ1) is 9.04. The second kappa shape index (κ2) is 5.61. The number of carbonyl (C=O) groups is 2. The van der Waals surface area contributed by atoms with E-state index in [0.29, 0.717) is 21.5 Å². The Morgan fingerprint density at radius 1 is 1.37 bits per heavy atom. The lowest BCUT2D eigenvalue weighted by atomic mass is 10.2. The van der Waals surface area contributed by atoms with Gasteiger partial charge in [0.05, 0.1) is 17.7 Å². The summed E-state index contributed by atoms with van der Waals surface area (Å²) in [5, 5.41) is 3.98. The van der Waals surface area contributed by atoms with Crippen molar-refractivity contribution < 1.29 is 14.3 Å². The van der Waals surface area contributed by atoms with Crippen LogP contribution in [-0.4, -0.2) is 24.9 Å². The second-order valence-corrected chi connectivity index (χ2v) is 5.74. The van der Waals surface area contributed by atoms with E-state index in [2.05, 4.69) is 5.32 Å². The summed E-state index contributed by atoms with van der Waals surface area (Å²) < 4.78 is 4.75. The molecule has 3 N–H and O–H groups in total. The first-order valence-electron chi connectivity index (χ1n) is 6.32. The van der Waals surface area contributed by atoms with E-state index in [9.17, 15) is 9.59 Å². The molecule has 1 aliphatic carbocycles. The van der Waals surface area contributed by atoms with E-state index in [1.807, 2.05) is 0 Å². The molecule has 0 aromatic carbocycles. The number of ketones is 1. The summed E-state index contributed by atoms with van der Waals surface area (Å²) in [5.41, 5.74) is 6.43. The molecule has 0 radical (unpaired) electrons. The highest BCUT2D eigenvalue weighted by atomic mass is 32.1. The van der Waals surface area contributed by atoms with Gasteiger partial charge in [0, 0.05) is 13.0 Å². The summed E-state index contributed by atoms with van der Waals surface area (Å²) in [6, 6.07) is 0.348. The van der Waals surface area contributed by atoms with Gasteiger partial charge in [-0.1, -0.05) is 12.8 Å². The third kappa shape index (κ3) is 2.73. The van der Waals surface area contributed by atoms with Gasteiger partial charge in [0.1, 0.15) is 10.6 Å². The number of anilines is 2. The van der Waals surface area contributed by atoms with Gasteiger partial charge in [-0.2, -0.15) is 0 Å². The summed E-state index contributed by atoms with van der Waals surface area (Å²) in [7, 11) is 1.31. The third-order valence-electron chi connectivity index (χ3n) is 3.34. The van der Waals surface area contributed by atoms with Crippen LogP contribution in [0.25, 0.3) is 0 Å². The Morgan fingerprint density at radius 2 is 2.00 bits per heavy atom. The van der Waals surface area contributed by atoms with Gasteiger partial charge >= 0.3 is 5.97 Å². The molecule has 0 saturated heterocycles. The number of methoxy groups -OCH3 is 1. The van der Waals surface area contributed by atoms with Gasteiger partial charge in [-0.3, -0.25) is 4.79 Å². The average molecular weight is 282 g/mol. The molecule has 0 atom stereocenters. The highest BCUT2D eigenvalue weighted by molar-refractivity contribution is 7.19. The van der Waals surface area contributed by atoms with E-state index in [-0.39, 0.29) is 11.5 Å². The van der Waals surface area contributed by atoms with Crippen LogP contribution in [0.2, 0.25) is 0 Å². The van der Waals surface area contributed by atoms with E-state index in [1.54, 1.807) is 0 Å². The van der Waals surface area contributed by atoms with Gasteiger partial charge in [0.2, 0.25) is 0 Å². The normalized spacial score (nSPS) is 15.5. The Labute approximate surface area is 116 Å². The van der Waals surface area contributed by atoms with Crippen LogP contribution in [0, 0.1) is 0 Å². The van der Waals surface area contributed by atoms with Crippen molar-refractivity contribution in [3.8, 4) is 0 Å². The van der Waals surface area contributed by atoms with Crippen molar-refractivity contribution in [1.82, 2.24) is 0 Å². The summed E-state index contributed by atoms with van der Waals surface area (Å²) in [6.07, 6.45) is 4.53. The molecule has 1 aliphatic rings. The first-order valence-corrected chi connectivity index (χ1v) is 7.14. The van der Waals surface area contributed by atoms with Crippen molar-refractivity contribution in [2.24, 2.45) is 0 Å². The van der Waals surface area contributed by atoms with Crippen molar-refractivity contribution >= 4 is 33.8 Å². The lowest BCUT2D eigenvalue weighted by Gasteiger charge is -2.12. The van der Waals surface area contributed by atoms with Crippen LogP contribution in [0.1, 0.15) is 52.6 Å². The number of Topliss-reactive ketones (excluding diaryl/α,β-unsaturated/α-hetero) is 1. The van der Waals surface area contributed by atoms with Crippen LogP contribution in [-0.2, 0) is 4.74 Å². The van der Waals surface area contributed by atoms with Crippen molar-refractivity contribution in [3.63, 3.8) is 0 Å². The summed E-state index contributed by atoms with van der Waals surface area (Å²) >= 11 is 1.24. The van der Waals surface area contributed by atoms with Crippen LogP contribution in [0.5, 0.6) is 0 Å². The minimum absolute atomic E-state index is 0.132. The number of hydrogen-bond donors (Lipinski definition) is 2. The van der Waals surface area contributed by atoms with Crippen LogP contribution in [0.4, 0.5) is 10.7 Å². The molecule has 104 valence electrons. The number of ether oxygens (including phenoxy) is 1. The number of rotatable bonds is 4. The fourth-order valence-electron chi connectivity index (χ4n) is 2.37. The van der Waals surface area contributed by atoms with Crippen molar-refractivity contribution in [3.05, 3.63) is 10.4 Å². The summed E-state index contributed by atoms with van der Waals surface area (Å²) in [6.45, 7) is 1.45. The molecule has 0 amide bonds. The van der Waals surface area contributed by atoms with Crippen LogP contribution >= 0.6 is 11.3 Å². The molecule has 19 heavy (non-hydrogen) atoms. The highest BCUT2D eigenvalue weighted by Crippen LogP contribution is 2.38. The molecule has 1 fully saturated rings. The standard InChI is InChI=1S/C13H18N2O3S/c1-7(16)11-10(14)9(13(17)18-2)12(19-11)15-8-5-3-4-6-8/h8,15H,3-6,14H2,1-2H3. The molecule has 5 nitrogen and oxygen atoms in total. The number of esters is 1. The lowest BCUT2D eigenvalue weighted by Crippen LogP contribution is -2.16. The Hall–Kier alpha value is -1.56. The largest absolute Gasteiger partial charge is 0.465 e.